The topological polar surface area (TPSA) is 21.8 Å². The second-order valence-electron chi connectivity index (χ2n) is 4.25. The molecule has 18 heavy (non-hydrogen) atoms. The van der Waals surface area contributed by atoms with Crippen molar-refractivity contribution in [3.8, 4) is 5.75 Å². The van der Waals surface area contributed by atoms with Gasteiger partial charge in [0, 0.05) is 0 Å². The third kappa shape index (κ3) is 3.38. The van der Waals surface area contributed by atoms with Crippen LogP contribution < -0.4 is 4.74 Å². The Balaban J connectivity index is 2.18. The fourth-order valence-electron chi connectivity index (χ4n) is 1.80. The third-order valence-corrected chi connectivity index (χ3v) is 2.83. The van der Waals surface area contributed by atoms with Gasteiger partial charge in [-0.3, -0.25) is 0 Å². The van der Waals surface area contributed by atoms with Crippen LogP contribution in [0.25, 0.3) is 0 Å². The normalized spacial score (nSPS) is 18.8. The first-order valence-corrected chi connectivity index (χ1v) is 5.95. The Labute approximate surface area is 104 Å². The molecule has 0 bridgehead atoms. The number of hydrogen-bond donors (Lipinski definition) is 0. The Morgan fingerprint density at radius 1 is 1.39 bits per heavy atom. The van der Waals surface area contributed by atoms with Crippen molar-refractivity contribution in [1.29, 1.82) is 0 Å². The van der Waals surface area contributed by atoms with Crippen molar-refractivity contribution in [1.82, 2.24) is 0 Å². The summed E-state index contributed by atoms with van der Waals surface area (Å²) in [6.07, 6.45) is -2.82. The predicted molar refractivity (Wildman–Crippen MR) is 60.7 cm³/mol. The Hall–Kier alpha value is -1.23. The molecule has 0 spiro atoms. The van der Waals surface area contributed by atoms with Gasteiger partial charge in [-0.05, 0) is 43.5 Å². The molecule has 100 valence electrons. The summed E-state index contributed by atoms with van der Waals surface area (Å²) >= 11 is 0. The van der Waals surface area contributed by atoms with Crippen molar-refractivity contribution in [2.45, 2.75) is 32.0 Å². The summed E-state index contributed by atoms with van der Waals surface area (Å²) in [4.78, 5) is 0. The van der Waals surface area contributed by atoms with E-state index in [2.05, 4.69) is 0 Å². The molecule has 2 nitrogen and oxygen atoms in total. The predicted octanol–water partition coefficient (Wildman–Crippen LogP) is 3.44. The number of halogens is 3. The van der Waals surface area contributed by atoms with E-state index in [9.17, 15) is 13.2 Å². The first kappa shape index (κ1) is 13.2. The second-order valence-corrected chi connectivity index (χ2v) is 4.25. The van der Waals surface area contributed by atoms with Crippen LogP contribution in [-0.4, -0.2) is 19.3 Å². The average molecular weight is 260 g/mol. The van der Waals surface area contributed by atoms with E-state index in [4.69, 9.17) is 9.47 Å². The number of benzene rings is 1. The van der Waals surface area contributed by atoms with Crippen LogP contribution in [0.2, 0.25) is 0 Å². The number of aryl methyl sites for hydroxylation is 1. The lowest BCUT2D eigenvalue weighted by Gasteiger charge is -2.13. The summed E-state index contributed by atoms with van der Waals surface area (Å²) in [5.41, 5.74) is -0.0279. The molecule has 0 saturated carbocycles. The molecule has 1 aromatic rings. The summed E-state index contributed by atoms with van der Waals surface area (Å²) in [5.74, 6) is 0.533. The highest BCUT2D eigenvalue weighted by Crippen LogP contribution is 2.33. The Morgan fingerprint density at radius 3 is 2.67 bits per heavy atom. The van der Waals surface area contributed by atoms with Gasteiger partial charge in [0.2, 0.25) is 0 Å². The van der Waals surface area contributed by atoms with Gasteiger partial charge in [0.05, 0.1) is 24.9 Å². The molecule has 0 aromatic heterocycles. The zero-order chi connectivity index (χ0) is 13.2. The van der Waals surface area contributed by atoms with Crippen molar-refractivity contribution in [3.05, 3.63) is 29.3 Å². The summed E-state index contributed by atoms with van der Waals surface area (Å²) in [5, 5.41) is 0. The summed E-state index contributed by atoms with van der Waals surface area (Å²) in [7, 11) is 0. The minimum Gasteiger partial charge on any atom is -0.494 e. The maximum atomic E-state index is 12.6. The largest absolute Gasteiger partial charge is 0.494 e. The van der Waals surface area contributed by atoms with Gasteiger partial charge in [-0.15, -0.1) is 0 Å². The lowest BCUT2D eigenvalue weighted by Crippen LogP contribution is -2.07. The molecule has 1 fully saturated rings. The molecule has 0 amide bonds. The third-order valence-electron chi connectivity index (χ3n) is 2.83. The van der Waals surface area contributed by atoms with E-state index in [1.165, 1.54) is 12.1 Å². The molecule has 5 heteroatoms. The molecular weight excluding hydrogens is 245 g/mol. The Morgan fingerprint density at radius 2 is 2.11 bits per heavy atom. The molecule has 1 aliphatic rings. The van der Waals surface area contributed by atoms with Crippen LogP contribution in [0.5, 0.6) is 5.75 Å². The molecular formula is C13H15F3O2. The van der Waals surface area contributed by atoms with E-state index in [1.54, 1.807) is 0 Å². The first-order valence-electron chi connectivity index (χ1n) is 5.95. The molecule has 1 aliphatic heterocycles. The Bertz CT molecular complexity index is 411. The quantitative estimate of drug-likeness (QED) is 0.756. The molecule has 1 atom stereocenters. The fourth-order valence-corrected chi connectivity index (χ4v) is 1.80. The number of rotatable bonds is 5. The van der Waals surface area contributed by atoms with Crippen LogP contribution in [0.3, 0.4) is 0 Å². The SMILES string of the molecule is CCOc1ccc(C(F)(F)F)cc1CCC1CO1. The van der Waals surface area contributed by atoms with Crippen LogP contribution >= 0.6 is 0 Å². The van der Waals surface area contributed by atoms with Crippen LogP contribution in [0.1, 0.15) is 24.5 Å². The highest BCUT2D eigenvalue weighted by atomic mass is 19.4. The van der Waals surface area contributed by atoms with Crippen molar-refractivity contribution in [3.63, 3.8) is 0 Å². The minimum atomic E-state index is -4.31. The van der Waals surface area contributed by atoms with Crippen LogP contribution in [0.15, 0.2) is 18.2 Å². The number of epoxide rings is 1. The minimum absolute atomic E-state index is 0.203. The molecule has 2 rings (SSSR count). The van der Waals surface area contributed by atoms with Gasteiger partial charge in [0.15, 0.2) is 0 Å². The smallest absolute Gasteiger partial charge is 0.416 e. The highest BCUT2D eigenvalue weighted by Gasteiger charge is 2.31. The summed E-state index contributed by atoms with van der Waals surface area (Å²) in [6, 6.07) is 3.63. The molecule has 0 radical (unpaired) electrons. The lowest BCUT2D eigenvalue weighted by atomic mass is 10.0. The monoisotopic (exact) mass is 260 g/mol. The van der Waals surface area contributed by atoms with Crippen molar-refractivity contribution in [2.24, 2.45) is 0 Å². The van der Waals surface area contributed by atoms with Crippen molar-refractivity contribution in [2.75, 3.05) is 13.2 Å². The fraction of sp³-hybridized carbons (Fsp3) is 0.538. The lowest BCUT2D eigenvalue weighted by molar-refractivity contribution is -0.137. The first-order chi connectivity index (χ1) is 8.50. The van der Waals surface area contributed by atoms with E-state index >= 15 is 0 Å². The molecule has 0 aliphatic carbocycles. The van der Waals surface area contributed by atoms with Gasteiger partial charge in [-0.2, -0.15) is 13.2 Å². The second kappa shape index (κ2) is 5.18. The molecule has 1 aromatic carbocycles. The van der Waals surface area contributed by atoms with E-state index in [1.807, 2.05) is 6.92 Å². The molecule has 1 heterocycles. The standard InChI is InChI=1S/C13H15F3O2/c1-2-17-12-6-4-10(13(14,15)16)7-9(12)3-5-11-8-18-11/h4,6-7,11H,2-3,5,8H2,1H3. The van der Waals surface area contributed by atoms with E-state index in [-0.39, 0.29) is 6.10 Å². The number of ether oxygens (including phenoxy) is 2. The summed E-state index contributed by atoms with van der Waals surface area (Å²) in [6.45, 7) is 2.96. The maximum Gasteiger partial charge on any atom is 0.416 e. The van der Waals surface area contributed by atoms with Crippen LogP contribution in [0.4, 0.5) is 13.2 Å². The molecule has 1 saturated heterocycles. The van der Waals surface area contributed by atoms with Gasteiger partial charge in [-0.25, -0.2) is 0 Å². The van der Waals surface area contributed by atoms with Crippen molar-refractivity contribution < 1.29 is 22.6 Å². The molecule has 0 N–H and O–H groups in total. The van der Waals surface area contributed by atoms with Crippen molar-refractivity contribution >= 4 is 0 Å². The van der Waals surface area contributed by atoms with E-state index in [0.717, 1.165) is 12.5 Å². The van der Waals surface area contributed by atoms with E-state index < -0.39 is 11.7 Å². The highest BCUT2D eigenvalue weighted by molar-refractivity contribution is 5.38. The average Bonchev–Trinajstić information content (AvgIpc) is 3.10. The Kier molecular flexibility index (Phi) is 3.80. The van der Waals surface area contributed by atoms with Gasteiger partial charge in [-0.1, -0.05) is 0 Å². The molecule has 1 unspecified atom stereocenters. The van der Waals surface area contributed by atoms with Crippen LogP contribution in [-0.2, 0) is 17.3 Å². The number of hydrogen-bond acceptors (Lipinski definition) is 2. The van der Waals surface area contributed by atoms with Gasteiger partial charge < -0.3 is 9.47 Å². The van der Waals surface area contributed by atoms with Crippen LogP contribution in [0, 0.1) is 0 Å². The van der Waals surface area contributed by atoms with Gasteiger partial charge >= 0.3 is 6.18 Å². The zero-order valence-electron chi connectivity index (χ0n) is 10.1. The van der Waals surface area contributed by atoms with Gasteiger partial charge in [0.1, 0.15) is 5.75 Å². The maximum absolute atomic E-state index is 12.6. The van der Waals surface area contributed by atoms with E-state index in [0.29, 0.717) is 30.9 Å². The van der Waals surface area contributed by atoms with Gasteiger partial charge in [0.25, 0.3) is 0 Å². The summed E-state index contributed by atoms with van der Waals surface area (Å²) < 4.78 is 48.3. The zero-order valence-corrected chi connectivity index (χ0v) is 10.1. The number of alkyl halides is 3.